The fourth-order valence-corrected chi connectivity index (χ4v) is 1.74. The van der Waals surface area contributed by atoms with Gasteiger partial charge >= 0.3 is 0 Å². The molecule has 0 aliphatic heterocycles. The third-order valence-electron chi connectivity index (χ3n) is 2.41. The van der Waals surface area contributed by atoms with Crippen LogP contribution in [0.3, 0.4) is 0 Å². The zero-order valence-electron chi connectivity index (χ0n) is 9.17. The van der Waals surface area contributed by atoms with E-state index in [4.69, 9.17) is 16.3 Å². The first kappa shape index (κ1) is 11.8. The van der Waals surface area contributed by atoms with Gasteiger partial charge in [0, 0.05) is 22.3 Å². The van der Waals surface area contributed by atoms with Gasteiger partial charge in [0.15, 0.2) is 0 Å². The van der Waals surface area contributed by atoms with Crippen LogP contribution >= 0.6 is 11.6 Å². The summed E-state index contributed by atoms with van der Waals surface area (Å²) in [7, 11) is 1.55. The monoisotopic (exact) mass is 250 g/mol. The zero-order valence-corrected chi connectivity index (χ0v) is 9.93. The summed E-state index contributed by atoms with van der Waals surface area (Å²) in [4.78, 5) is 0. The SMILES string of the molecule is COc1ccc(Cl)cc1C(O)c1ccnnc1. The summed E-state index contributed by atoms with van der Waals surface area (Å²) in [6.45, 7) is 0. The Morgan fingerprint density at radius 3 is 2.76 bits per heavy atom. The average Bonchev–Trinajstić information content (AvgIpc) is 2.39. The summed E-state index contributed by atoms with van der Waals surface area (Å²) in [5.74, 6) is 0.582. The van der Waals surface area contributed by atoms with E-state index in [0.717, 1.165) is 0 Å². The number of benzene rings is 1. The van der Waals surface area contributed by atoms with E-state index in [1.807, 2.05) is 0 Å². The largest absolute Gasteiger partial charge is 0.496 e. The molecule has 17 heavy (non-hydrogen) atoms. The van der Waals surface area contributed by atoms with Gasteiger partial charge in [-0.1, -0.05) is 11.6 Å². The molecule has 4 nitrogen and oxygen atoms in total. The van der Waals surface area contributed by atoms with Crippen molar-refractivity contribution >= 4 is 11.6 Å². The first-order valence-corrected chi connectivity index (χ1v) is 5.38. The topological polar surface area (TPSA) is 55.2 Å². The van der Waals surface area contributed by atoms with Crippen molar-refractivity contribution in [2.75, 3.05) is 7.11 Å². The summed E-state index contributed by atoms with van der Waals surface area (Å²) in [5, 5.41) is 18.2. The highest BCUT2D eigenvalue weighted by Crippen LogP contribution is 2.31. The van der Waals surface area contributed by atoms with Crippen LogP contribution in [-0.2, 0) is 0 Å². The quantitative estimate of drug-likeness (QED) is 0.908. The van der Waals surface area contributed by atoms with Gasteiger partial charge in [0.25, 0.3) is 0 Å². The Labute approximate surface area is 104 Å². The molecule has 0 aliphatic rings. The highest BCUT2D eigenvalue weighted by Gasteiger charge is 2.16. The van der Waals surface area contributed by atoms with Gasteiger partial charge in [-0.25, -0.2) is 0 Å². The lowest BCUT2D eigenvalue weighted by atomic mass is 10.0. The van der Waals surface area contributed by atoms with Crippen LogP contribution in [0.2, 0.25) is 5.02 Å². The van der Waals surface area contributed by atoms with E-state index in [9.17, 15) is 5.11 Å². The molecular weight excluding hydrogens is 240 g/mol. The molecule has 1 unspecified atom stereocenters. The molecule has 0 bridgehead atoms. The lowest BCUT2D eigenvalue weighted by molar-refractivity contribution is 0.214. The predicted octanol–water partition coefficient (Wildman–Crippen LogP) is 2.22. The number of nitrogens with zero attached hydrogens (tertiary/aromatic N) is 2. The maximum Gasteiger partial charge on any atom is 0.125 e. The van der Waals surface area contributed by atoms with Crippen LogP contribution < -0.4 is 4.74 Å². The van der Waals surface area contributed by atoms with Crippen molar-refractivity contribution in [3.05, 3.63) is 52.8 Å². The van der Waals surface area contributed by atoms with Crippen molar-refractivity contribution < 1.29 is 9.84 Å². The number of hydrogen-bond acceptors (Lipinski definition) is 4. The van der Waals surface area contributed by atoms with E-state index in [0.29, 0.717) is 21.9 Å². The molecule has 1 aromatic carbocycles. The van der Waals surface area contributed by atoms with Crippen LogP contribution in [0.15, 0.2) is 36.7 Å². The first-order valence-electron chi connectivity index (χ1n) is 5.00. The zero-order chi connectivity index (χ0) is 12.3. The summed E-state index contributed by atoms with van der Waals surface area (Å²) in [6.07, 6.45) is 2.19. The lowest BCUT2D eigenvalue weighted by Gasteiger charge is -2.14. The molecule has 2 rings (SSSR count). The third kappa shape index (κ3) is 2.54. The standard InChI is InChI=1S/C12H11ClN2O2/c1-17-11-3-2-9(13)6-10(11)12(16)8-4-5-14-15-7-8/h2-7,12,16H,1H3. The molecule has 5 heteroatoms. The molecule has 0 amide bonds. The number of methoxy groups -OCH3 is 1. The van der Waals surface area contributed by atoms with Gasteiger partial charge in [-0.3, -0.25) is 0 Å². The van der Waals surface area contributed by atoms with E-state index in [2.05, 4.69) is 10.2 Å². The minimum absolute atomic E-state index is 0.543. The second-order valence-electron chi connectivity index (χ2n) is 3.46. The molecule has 0 aliphatic carbocycles. The molecular formula is C12H11ClN2O2. The van der Waals surface area contributed by atoms with Gasteiger partial charge < -0.3 is 9.84 Å². The van der Waals surface area contributed by atoms with Crippen molar-refractivity contribution in [3.8, 4) is 5.75 Å². The van der Waals surface area contributed by atoms with Crippen molar-refractivity contribution in [1.29, 1.82) is 0 Å². The Morgan fingerprint density at radius 1 is 1.29 bits per heavy atom. The fourth-order valence-electron chi connectivity index (χ4n) is 1.56. The van der Waals surface area contributed by atoms with Crippen LogP contribution in [-0.4, -0.2) is 22.4 Å². The molecule has 1 atom stereocenters. The van der Waals surface area contributed by atoms with Crippen molar-refractivity contribution in [2.45, 2.75) is 6.10 Å². The van der Waals surface area contributed by atoms with E-state index < -0.39 is 6.10 Å². The molecule has 1 heterocycles. The Kier molecular flexibility index (Phi) is 3.56. The smallest absolute Gasteiger partial charge is 0.125 e. The molecule has 0 spiro atoms. The van der Waals surface area contributed by atoms with Crippen molar-refractivity contribution in [3.63, 3.8) is 0 Å². The third-order valence-corrected chi connectivity index (χ3v) is 2.64. The Morgan fingerprint density at radius 2 is 2.12 bits per heavy atom. The number of halogens is 1. The molecule has 0 saturated heterocycles. The molecule has 88 valence electrons. The molecule has 0 fully saturated rings. The van der Waals surface area contributed by atoms with E-state index >= 15 is 0 Å². The number of aliphatic hydroxyl groups excluding tert-OH is 1. The van der Waals surface area contributed by atoms with Gasteiger partial charge in [-0.2, -0.15) is 10.2 Å². The Balaban J connectivity index is 2.43. The predicted molar refractivity (Wildman–Crippen MR) is 64.1 cm³/mol. The summed E-state index contributed by atoms with van der Waals surface area (Å²) in [6, 6.07) is 6.79. The molecule has 0 radical (unpaired) electrons. The maximum atomic E-state index is 10.2. The van der Waals surface area contributed by atoms with Gasteiger partial charge in [-0.15, -0.1) is 0 Å². The van der Waals surface area contributed by atoms with E-state index in [1.54, 1.807) is 31.4 Å². The maximum absolute atomic E-state index is 10.2. The van der Waals surface area contributed by atoms with Crippen molar-refractivity contribution in [2.24, 2.45) is 0 Å². The average molecular weight is 251 g/mol. The summed E-state index contributed by atoms with van der Waals surface area (Å²) in [5.41, 5.74) is 1.24. The second kappa shape index (κ2) is 5.12. The van der Waals surface area contributed by atoms with Gasteiger partial charge in [-0.05, 0) is 24.3 Å². The van der Waals surface area contributed by atoms with Crippen LogP contribution in [0.1, 0.15) is 17.2 Å². The van der Waals surface area contributed by atoms with Gasteiger partial charge in [0.05, 0.1) is 13.3 Å². The molecule has 0 saturated carbocycles. The molecule has 1 aromatic heterocycles. The second-order valence-corrected chi connectivity index (χ2v) is 3.90. The highest BCUT2D eigenvalue weighted by atomic mass is 35.5. The van der Waals surface area contributed by atoms with Crippen LogP contribution in [0.5, 0.6) is 5.75 Å². The molecule has 2 aromatic rings. The van der Waals surface area contributed by atoms with Gasteiger partial charge in [0.2, 0.25) is 0 Å². The van der Waals surface area contributed by atoms with Gasteiger partial charge in [0.1, 0.15) is 11.9 Å². The minimum Gasteiger partial charge on any atom is -0.496 e. The number of aliphatic hydroxyl groups is 1. The Hall–Kier alpha value is -1.65. The summed E-state index contributed by atoms with van der Waals surface area (Å²) >= 11 is 5.91. The van der Waals surface area contributed by atoms with Crippen LogP contribution in [0.25, 0.3) is 0 Å². The van der Waals surface area contributed by atoms with Crippen molar-refractivity contribution in [1.82, 2.24) is 10.2 Å². The van der Waals surface area contributed by atoms with E-state index in [-0.39, 0.29) is 0 Å². The fraction of sp³-hybridized carbons (Fsp3) is 0.167. The van der Waals surface area contributed by atoms with Crippen LogP contribution in [0.4, 0.5) is 0 Å². The molecule has 1 N–H and O–H groups in total. The lowest BCUT2D eigenvalue weighted by Crippen LogP contribution is -2.03. The van der Waals surface area contributed by atoms with E-state index in [1.165, 1.54) is 12.4 Å². The Bertz CT molecular complexity index is 505. The number of aromatic nitrogens is 2. The first-order chi connectivity index (χ1) is 8.22. The number of rotatable bonds is 3. The number of ether oxygens (including phenoxy) is 1. The normalized spacial score (nSPS) is 12.2. The highest BCUT2D eigenvalue weighted by molar-refractivity contribution is 6.30. The minimum atomic E-state index is -0.834. The summed E-state index contributed by atoms with van der Waals surface area (Å²) < 4.78 is 5.19. The van der Waals surface area contributed by atoms with Crippen LogP contribution in [0, 0.1) is 0 Å². The number of hydrogen-bond donors (Lipinski definition) is 1.